The third kappa shape index (κ3) is 4.51. The first-order valence-electron chi connectivity index (χ1n) is 9.37. The van der Waals surface area contributed by atoms with Crippen molar-refractivity contribution in [3.63, 3.8) is 0 Å². The number of benzene rings is 4. The zero-order chi connectivity index (χ0) is 18.5. The van der Waals surface area contributed by atoms with Crippen molar-refractivity contribution in [3.8, 4) is 0 Å². The molecule has 0 aromatic heterocycles. The highest BCUT2D eigenvalue weighted by molar-refractivity contribution is 5.87. The average molecular weight is 350 g/mol. The van der Waals surface area contributed by atoms with E-state index in [0.29, 0.717) is 12.8 Å². The molecule has 4 aromatic rings. The van der Waals surface area contributed by atoms with Gasteiger partial charge in [-0.2, -0.15) is 0 Å². The van der Waals surface area contributed by atoms with Crippen LogP contribution >= 0.6 is 0 Å². The Labute approximate surface area is 160 Å². The number of hydrogen-bond donors (Lipinski definition) is 0. The Morgan fingerprint density at radius 2 is 1.07 bits per heavy atom. The van der Waals surface area contributed by atoms with Crippen LogP contribution in [0.2, 0.25) is 0 Å². The Hall–Kier alpha value is -3.19. The van der Waals surface area contributed by atoms with Gasteiger partial charge in [0.05, 0.1) is 0 Å². The minimum Gasteiger partial charge on any atom is -0.299 e. The molecule has 132 valence electrons. The Bertz CT molecular complexity index is 1050. The van der Waals surface area contributed by atoms with Gasteiger partial charge in [0.2, 0.25) is 0 Å². The van der Waals surface area contributed by atoms with Crippen molar-refractivity contribution in [1.82, 2.24) is 0 Å². The molecule has 4 rings (SSSR count). The minimum atomic E-state index is 0.251. The van der Waals surface area contributed by atoms with Gasteiger partial charge < -0.3 is 0 Å². The molecule has 0 radical (unpaired) electrons. The maximum absolute atomic E-state index is 12.5. The van der Waals surface area contributed by atoms with Crippen molar-refractivity contribution in [3.05, 3.63) is 119 Å². The lowest BCUT2D eigenvalue weighted by molar-refractivity contribution is -0.117. The lowest BCUT2D eigenvalue weighted by Gasteiger charge is -2.06. The molecule has 0 spiro atoms. The standard InChI is InChI=1S/C26H22O/c27-26(19-23-14-15-24-8-4-5-9-25(24)17-23)18-22-12-10-21(11-13-22)16-20-6-2-1-3-7-20/h1-15,17H,16,18-19H2. The Balaban J connectivity index is 1.38. The van der Waals surface area contributed by atoms with Crippen molar-refractivity contribution in [2.24, 2.45) is 0 Å². The van der Waals surface area contributed by atoms with Crippen LogP contribution in [-0.4, -0.2) is 5.78 Å². The number of Topliss-reactive ketones (excluding diaryl/α,β-unsaturated/α-hetero) is 1. The zero-order valence-corrected chi connectivity index (χ0v) is 15.3. The molecule has 0 amide bonds. The van der Waals surface area contributed by atoms with Crippen molar-refractivity contribution >= 4 is 16.6 Å². The van der Waals surface area contributed by atoms with E-state index in [0.717, 1.165) is 17.5 Å². The molecule has 0 aliphatic rings. The number of carbonyl (C=O) groups excluding carboxylic acids is 1. The molecule has 0 heterocycles. The summed E-state index contributed by atoms with van der Waals surface area (Å²) in [6.07, 6.45) is 1.89. The SMILES string of the molecule is O=C(Cc1ccc(Cc2ccccc2)cc1)Cc1ccc2ccccc2c1. The van der Waals surface area contributed by atoms with Crippen LogP contribution in [0.5, 0.6) is 0 Å². The number of hydrogen-bond acceptors (Lipinski definition) is 1. The number of ketones is 1. The molecule has 0 atom stereocenters. The molecule has 0 fully saturated rings. The van der Waals surface area contributed by atoms with Crippen LogP contribution < -0.4 is 0 Å². The molecular weight excluding hydrogens is 328 g/mol. The topological polar surface area (TPSA) is 17.1 Å². The lowest BCUT2D eigenvalue weighted by atomic mass is 9.98. The molecule has 27 heavy (non-hydrogen) atoms. The van der Waals surface area contributed by atoms with Gasteiger partial charge in [0.25, 0.3) is 0 Å². The van der Waals surface area contributed by atoms with Gasteiger partial charge in [-0.1, -0.05) is 97.1 Å². The molecule has 0 unspecified atom stereocenters. The second-order valence-corrected chi connectivity index (χ2v) is 7.05. The van der Waals surface area contributed by atoms with Gasteiger partial charge in [0, 0.05) is 12.8 Å². The second-order valence-electron chi connectivity index (χ2n) is 7.05. The molecule has 1 nitrogen and oxygen atoms in total. The van der Waals surface area contributed by atoms with E-state index in [1.165, 1.54) is 21.9 Å². The second kappa shape index (κ2) is 8.01. The number of carbonyl (C=O) groups is 1. The van der Waals surface area contributed by atoms with Gasteiger partial charge in [0.1, 0.15) is 5.78 Å². The summed E-state index contributed by atoms with van der Waals surface area (Å²) in [5.41, 5.74) is 4.74. The first kappa shape index (κ1) is 17.2. The van der Waals surface area contributed by atoms with E-state index < -0.39 is 0 Å². The first-order valence-corrected chi connectivity index (χ1v) is 9.37. The summed E-state index contributed by atoms with van der Waals surface area (Å²) in [5, 5.41) is 2.40. The smallest absolute Gasteiger partial charge is 0.141 e. The van der Waals surface area contributed by atoms with Crippen molar-refractivity contribution in [2.45, 2.75) is 19.3 Å². The van der Waals surface area contributed by atoms with Crippen LogP contribution in [0, 0.1) is 0 Å². The fourth-order valence-electron chi connectivity index (χ4n) is 3.47. The van der Waals surface area contributed by atoms with Crippen LogP contribution in [0.25, 0.3) is 10.8 Å². The van der Waals surface area contributed by atoms with E-state index in [4.69, 9.17) is 0 Å². The van der Waals surface area contributed by atoms with Gasteiger partial charge >= 0.3 is 0 Å². The summed E-state index contributed by atoms with van der Waals surface area (Å²) in [6, 6.07) is 33.4. The van der Waals surface area contributed by atoms with Gasteiger partial charge in [-0.25, -0.2) is 0 Å². The summed E-state index contributed by atoms with van der Waals surface area (Å²) in [5.74, 6) is 0.251. The summed E-state index contributed by atoms with van der Waals surface area (Å²) >= 11 is 0. The van der Waals surface area contributed by atoms with Gasteiger partial charge in [-0.3, -0.25) is 4.79 Å². The van der Waals surface area contributed by atoms with E-state index in [1.807, 2.05) is 18.2 Å². The van der Waals surface area contributed by atoms with E-state index in [9.17, 15) is 4.79 Å². The summed E-state index contributed by atoms with van der Waals surface area (Å²) in [4.78, 5) is 12.5. The summed E-state index contributed by atoms with van der Waals surface area (Å²) < 4.78 is 0. The van der Waals surface area contributed by atoms with Crippen LogP contribution in [0.4, 0.5) is 0 Å². The van der Waals surface area contributed by atoms with E-state index in [1.54, 1.807) is 0 Å². The van der Waals surface area contributed by atoms with Crippen molar-refractivity contribution in [1.29, 1.82) is 0 Å². The summed E-state index contributed by atoms with van der Waals surface area (Å²) in [7, 11) is 0. The van der Waals surface area contributed by atoms with E-state index in [-0.39, 0.29) is 5.78 Å². The molecule has 0 bridgehead atoms. The van der Waals surface area contributed by atoms with Crippen molar-refractivity contribution in [2.75, 3.05) is 0 Å². The van der Waals surface area contributed by atoms with Crippen LogP contribution in [0.3, 0.4) is 0 Å². The average Bonchev–Trinajstić information content (AvgIpc) is 2.70. The third-order valence-corrected chi connectivity index (χ3v) is 4.89. The van der Waals surface area contributed by atoms with Crippen LogP contribution in [0.15, 0.2) is 97.1 Å². The Morgan fingerprint density at radius 3 is 1.85 bits per heavy atom. The first-order chi connectivity index (χ1) is 13.3. The Kier molecular flexibility index (Phi) is 5.11. The highest BCUT2D eigenvalue weighted by atomic mass is 16.1. The molecule has 4 aromatic carbocycles. The van der Waals surface area contributed by atoms with E-state index in [2.05, 4.69) is 78.9 Å². The fourth-order valence-corrected chi connectivity index (χ4v) is 3.47. The van der Waals surface area contributed by atoms with Gasteiger partial charge in [-0.15, -0.1) is 0 Å². The maximum Gasteiger partial charge on any atom is 0.141 e. The quantitative estimate of drug-likeness (QED) is 0.430. The zero-order valence-electron chi connectivity index (χ0n) is 15.3. The lowest BCUT2D eigenvalue weighted by Crippen LogP contribution is -2.06. The van der Waals surface area contributed by atoms with Gasteiger partial charge in [0.15, 0.2) is 0 Å². The number of fused-ring (bicyclic) bond motifs is 1. The highest BCUT2D eigenvalue weighted by Crippen LogP contribution is 2.17. The largest absolute Gasteiger partial charge is 0.299 e. The molecule has 0 aliphatic heterocycles. The fraction of sp³-hybridized carbons (Fsp3) is 0.115. The van der Waals surface area contributed by atoms with Crippen LogP contribution in [-0.2, 0) is 24.1 Å². The maximum atomic E-state index is 12.5. The van der Waals surface area contributed by atoms with E-state index >= 15 is 0 Å². The Morgan fingerprint density at radius 1 is 0.519 bits per heavy atom. The van der Waals surface area contributed by atoms with Crippen LogP contribution in [0.1, 0.15) is 22.3 Å². The summed E-state index contributed by atoms with van der Waals surface area (Å²) in [6.45, 7) is 0. The van der Waals surface area contributed by atoms with Crippen molar-refractivity contribution < 1.29 is 4.79 Å². The molecular formula is C26H22O. The molecule has 1 heteroatoms. The third-order valence-electron chi connectivity index (χ3n) is 4.89. The highest BCUT2D eigenvalue weighted by Gasteiger charge is 2.07. The minimum absolute atomic E-state index is 0.251. The predicted molar refractivity (Wildman–Crippen MR) is 112 cm³/mol. The van der Waals surface area contributed by atoms with Gasteiger partial charge in [-0.05, 0) is 39.4 Å². The monoisotopic (exact) mass is 350 g/mol. The number of rotatable bonds is 6. The molecule has 0 aliphatic carbocycles. The molecule has 0 saturated carbocycles. The normalized spacial score (nSPS) is 10.8. The predicted octanol–water partition coefficient (Wildman–Crippen LogP) is 5.78. The molecule has 0 N–H and O–H groups in total. The molecule has 0 saturated heterocycles.